The Morgan fingerprint density at radius 3 is 2.14 bits per heavy atom. The van der Waals surface area contributed by atoms with Gasteiger partial charge in [-0.2, -0.15) is 0 Å². The topological polar surface area (TPSA) is 38.9 Å². The van der Waals surface area contributed by atoms with Crippen LogP contribution in [0.1, 0.15) is 5.89 Å². The summed E-state index contributed by atoms with van der Waals surface area (Å²) in [5.74, 6) is 1.70. The lowest BCUT2D eigenvalue weighted by molar-refractivity contribution is 0.528. The van der Waals surface area contributed by atoms with Crippen LogP contribution in [0.4, 0.5) is 0 Å². The summed E-state index contributed by atoms with van der Waals surface area (Å²) < 4.78 is 5.64. The SMILES string of the molecule is Clc1ccc(SCc2nnc(-c3ccc(Cl)cc3)o2)cc1. The highest BCUT2D eigenvalue weighted by Crippen LogP contribution is 2.26. The van der Waals surface area contributed by atoms with Crippen LogP contribution in [-0.4, -0.2) is 10.2 Å². The van der Waals surface area contributed by atoms with Crippen LogP contribution in [0.25, 0.3) is 11.5 Å². The molecule has 1 heterocycles. The maximum atomic E-state index is 5.85. The zero-order valence-electron chi connectivity index (χ0n) is 10.8. The van der Waals surface area contributed by atoms with E-state index < -0.39 is 0 Å². The highest BCUT2D eigenvalue weighted by Gasteiger charge is 2.08. The fourth-order valence-corrected chi connectivity index (χ4v) is 2.68. The van der Waals surface area contributed by atoms with E-state index in [9.17, 15) is 0 Å². The Balaban J connectivity index is 1.67. The molecular weight excluding hydrogens is 327 g/mol. The summed E-state index contributed by atoms with van der Waals surface area (Å²) in [4.78, 5) is 1.10. The second-order valence-electron chi connectivity index (χ2n) is 4.25. The Kier molecular flexibility index (Phi) is 4.48. The standard InChI is InChI=1S/C15H10Cl2N2OS/c16-11-3-1-10(2-4-11)15-19-18-14(20-15)9-21-13-7-5-12(17)6-8-13/h1-8H,9H2. The summed E-state index contributed by atoms with van der Waals surface area (Å²) in [6.45, 7) is 0. The lowest BCUT2D eigenvalue weighted by Gasteiger charge is -1.98. The maximum Gasteiger partial charge on any atom is 0.247 e. The van der Waals surface area contributed by atoms with Crippen molar-refractivity contribution in [3.05, 3.63) is 64.5 Å². The van der Waals surface area contributed by atoms with Crippen LogP contribution < -0.4 is 0 Å². The predicted molar refractivity (Wildman–Crippen MR) is 85.8 cm³/mol. The quantitative estimate of drug-likeness (QED) is 0.603. The molecule has 21 heavy (non-hydrogen) atoms. The van der Waals surface area contributed by atoms with E-state index in [0.717, 1.165) is 15.5 Å². The number of hydrogen-bond donors (Lipinski definition) is 0. The maximum absolute atomic E-state index is 5.85. The van der Waals surface area contributed by atoms with E-state index in [1.807, 2.05) is 36.4 Å². The summed E-state index contributed by atoms with van der Waals surface area (Å²) in [5, 5.41) is 9.50. The van der Waals surface area contributed by atoms with E-state index in [2.05, 4.69) is 10.2 Å². The Morgan fingerprint density at radius 2 is 1.48 bits per heavy atom. The molecule has 0 spiro atoms. The predicted octanol–water partition coefficient (Wildman–Crippen LogP) is 5.34. The van der Waals surface area contributed by atoms with Gasteiger partial charge in [-0.05, 0) is 48.5 Å². The van der Waals surface area contributed by atoms with E-state index in [0.29, 0.717) is 22.6 Å². The molecule has 1 aromatic heterocycles. The molecule has 0 atom stereocenters. The first kappa shape index (κ1) is 14.4. The summed E-state index contributed by atoms with van der Waals surface area (Å²) in [5.41, 5.74) is 0.856. The van der Waals surface area contributed by atoms with Crippen molar-refractivity contribution >= 4 is 35.0 Å². The summed E-state index contributed by atoms with van der Waals surface area (Å²) in [7, 11) is 0. The minimum Gasteiger partial charge on any atom is -0.420 e. The van der Waals surface area contributed by atoms with Crippen molar-refractivity contribution in [3.8, 4) is 11.5 Å². The van der Waals surface area contributed by atoms with Gasteiger partial charge in [-0.15, -0.1) is 22.0 Å². The van der Waals surface area contributed by atoms with Crippen LogP contribution in [0.15, 0.2) is 57.8 Å². The summed E-state index contributed by atoms with van der Waals surface area (Å²) in [6, 6.07) is 14.9. The van der Waals surface area contributed by atoms with Crippen LogP contribution in [0.3, 0.4) is 0 Å². The van der Waals surface area contributed by atoms with E-state index >= 15 is 0 Å². The molecule has 0 fully saturated rings. The van der Waals surface area contributed by atoms with Crippen molar-refractivity contribution in [2.45, 2.75) is 10.6 Å². The zero-order chi connectivity index (χ0) is 14.7. The average molecular weight is 337 g/mol. The fraction of sp³-hybridized carbons (Fsp3) is 0.0667. The smallest absolute Gasteiger partial charge is 0.247 e. The van der Waals surface area contributed by atoms with E-state index in [1.54, 1.807) is 23.9 Å². The Bertz CT molecular complexity index is 726. The van der Waals surface area contributed by atoms with E-state index in [1.165, 1.54) is 0 Å². The Morgan fingerprint density at radius 1 is 0.857 bits per heavy atom. The van der Waals surface area contributed by atoms with E-state index in [4.69, 9.17) is 27.6 Å². The Labute approximate surface area is 136 Å². The average Bonchev–Trinajstić information content (AvgIpc) is 2.96. The van der Waals surface area contributed by atoms with Crippen molar-refractivity contribution in [1.82, 2.24) is 10.2 Å². The number of hydrogen-bond acceptors (Lipinski definition) is 4. The van der Waals surface area contributed by atoms with E-state index in [-0.39, 0.29) is 0 Å². The third kappa shape index (κ3) is 3.79. The van der Waals surface area contributed by atoms with Crippen LogP contribution in [0, 0.1) is 0 Å². The Hall–Kier alpha value is -1.49. The number of rotatable bonds is 4. The van der Waals surface area contributed by atoms with Crippen molar-refractivity contribution in [2.75, 3.05) is 0 Å². The minimum absolute atomic E-state index is 0.498. The van der Waals surface area contributed by atoms with Gasteiger partial charge in [-0.25, -0.2) is 0 Å². The molecule has 3 nitrogen and oxygen atoms in total. The summed E-state index contributed by atoms with van der Waals surface area (Å²) >= 11 is 13.3. The van der Waals surface area contributed by atoms with Crippen LogP contribution in [0.5, 0.6) is 0 Å². The lowest BCUT2D eigenvalue weighted by Crippen LogP contribution is -1.80. The molecule has 0 aliphatic heterocycles. The first-order chi connectivity index (χ1) is 10.2. The molecule has 0 radical (unpaired) electrons. The molecule has 6 heteroatoms. The van der Waals surface area contributed by atoms with Gasteiger partial charge in [0.2, 0.25) is 11.8 Å². The molecule has 0 bridgehead atoms. The third-order valence-corrected chi connectivity index (χ3v) is 4.23. The second kappa shape index (κ2) is 6.52. The number of nitrogens with zero attached hydrogens (tertiary/aromatic N) is 2. The molecule has 0 aliphatic carbocycles. The molecule has 0 saturated carbocycles. The highest BCUT2D eigenvalue weighted by atomic mass is 35.5. The molecule has 0 amide bonds. The lowest BCUT2D eigenvalue weighted by atomic mass is 10.2. The first-order valence-electron chi connectivity index (χ1n) is 6.17. The van der Waals surface area contributed by atoms with Gasteiger partial charge in [0.1, 0.15) is 0 Å². The van der Waals surface area contributed by atoms with Crippen LogP contribution >= 0.6 is 35.0 Å². The molecule has 106 valence electrons. The van der Waals surface area contributed by atoms with Crippen LogP contribution in [-0.2, 0) is 5.75 Å². The molecule has 0 unspecified atom stereocenters. The molecule has 2 aromatic carbocycles. The molecular formula is C15H10Cl2N2OS. The van der Waals surface area contributed by atoms with Crippen molar-refractivity contribution in [1.29, 1.82) is 0 Å². The van der Waals surface area contributed by atoms with Gasteiger partial charge in [-0.3, -0.25) is 0 Å². The van der Waals surface area contributed by atoms with Crippen molar-refractivity contribution in [3.63, 3.8) is 0 Å². The van der Waals surface area contributed by atoms with Gasteiger partial charge in [0.25, 0.3) is 0 Å². The molecule has 3 aromatic rings. The molecule has 0 aliphatic rings. The van der Waals surface area contributed by atoms with Crippen molar-refractivity contribution < 1.29 is 4.42 Å². The highest BCUT2D eigenvalue weighted by molar-refractivity contribution is 7.98. The second-order valence-corrected chi connectivity index (χ2v) is 6.17. The molecule has 0 saturated heterocycles. The van der Waals surface area contributed by atoms with Gasteiger partial charge in [0.05, 0.1) is 5.75 Å². The third-order valence-electron chi connectivity index (χ3n) is 2.73. The van der Waals surface area contributed by atoms with Gasteiger partial charge in [0.15, 0.2) is 0 Å². The zero-order valence-corrected chi connectivity index (χ0v) is 13.1. The number of halogens is 2. The normalized spacial score (nSPS) is 10.8. The molecule has 3 rings (SSSR count). The van der Waals surface area contributed by atoms with Crippen LogP contribution in [0.2, 0.25) is 10.0 Å². The number of benzene rings is 2. The summed E-state index contributed by atoms with van der Waals surface area (Å²) in [6.07, 6.45) is 0. The number of aromatic nitrogens is 2. The van der Waals surface area contributed by atoms with Crippen molar-refractivity contribution in [2.24, 2.45) is 0 Å². The van der Waals surface area contributed by atoms with Gasteiger partial charge < -0.3 is 4.42 Å². The number of thioether (sulfide) groups is 1. The molecule has 0 N–H and O–H groups in total. The van der Waals surface area contributed by atoms with Gasteiger partial charge in [0, 0.05) is 20.5 Å². The fourth-order valence-electron chi connectivity index (χ4n) is 1.70. The first-order valence-corrected chi connectivity index (χ1v) is 7.91. The minimum atomic E-state index is 0.498. The van der Waals surface area contributed by atoms with Gasteiger partial charge in [-0.1, -0.05) is 23.2 Å². The largest absolute Gasteiger partial charge is 0.420 e. The monoisotopic (exact) mass is 336 g/mol. The van der Waals surface area contributed by atoms with Gasteiger partial charge >= 0.3 is 0 Å².